The molecule has 2 N–H and O–H groups in total. The molecule has 5 nitrogen and oxygen atoms in total. The SMILES string of the molecule is CN(C)CC1CCN(S(=O)(=O)c2ccc(N)cc2Cl)CC1. The number of rotatable bonds is 4. The van der Waals surface area contributed by atoms with Crippen LogP contribution in [0.15, 0.2) is 23.1 Å². The Balaban J connectivity index is 2.11. The molecule has 1 saturated heterocycles. The number of hydrogen-bond acceptors (Lipinski definition) is 4. The molecule has 1 aromatic rings. The van der Waals surface area contributed by atoms with E-state index < -0.39 is 10.0 Å². The van der Waals surface area contributed by atoms with Crippen LogP contribution in [-0.4, -0.2) is 51.4 Å². The lowest BCUT2D eigenvalue weighted by atomic mass is 9.98. The fourth-order valence-corrected chi connectivity index (χ4v) is 4.71. The van der Waals surface area contributed by atoms with Gasteiger partial charge in [-0.15, -0.1) is 0 Å². The maximum absolute atomic E-state index is 12.6. The maximum Gasteiger partial charge on any atom is 0.244 e. The van der Waals surface area contributed by atoms with Gasteiger partial charge in [-0.3, -0.25) is 0 Å². The number of hydrogen-bond donors (Lipinski definition) is 1. The van der Waals surface area contributed by atoms with Gasteiger partial charge < -0.3 is 10.6 Å². The van der Waals surface area contributed by atoms with Gasteiger partial charge >= 0.3 is 0 Å². The molecule has 1 fully saturated rings. The van der Waals surface area contributed by atoms with Gasteiger partial charge in [-0.2, -0.15) is 4.31 Å². The fourth-order valence-electron chi connectivity index (χ4n) is 2.71. The maximum atomic E-state index is 12.6. The number of nitrogens with zero attached hydrogens (tertiary/aromatic N) is 2. The summed E-state index contributed by atoms with van der Waals surface area (Å²) in [5, 5.41) is 0.186. The second-order valence-corrected chi connectivity index (χ2v) is 8.11. The molecule has 1 heterocycles. The first-order valence-electron chi connectivity index (χ1n) is 7.00. The van der Waals surface area contributed by atoms with Crippen molar-refractivity contribution >= 4 is 27.3 Å². The van der Waals surface area contributed by atoms with E-state index in [2.05, 4.69) is 4.90 Å². The molecular formula is C14H22ClN3O2S. The highest BCUT2D eigenvalue weighted by atomic mass is 35.5. The number of nitrogen functional groups attached to an aromatic ring is 1. The van der Waals surface area contributed by atoms with Gasteiger partial charge in [0, 0.05) is 25.3 Å². The molecule has 0 bridgehead atoms. The van der Waals surface area contributed by atoms with E-state index >= 15 is 0 Å². The van der Waals surface area contributed by atoms with E-state index in [1.807, 2.05) is 14.1 Å². The molecular weight excluding hydrogens is 310 g/mol. The van der Waals surface area contributed by atoms with Crippen LogP contribution in [0, 0.1) is 5.92 Å². The highest BCUT2D eigenvalue weighted by Gasteiger charge is 2.30. The van der Waals surface area contributed by atoms with Crippen molar-refractivity contribution in [1.82, 2.24) is 9.21 Å². The summed E-state index contributed by atoms with van der Waals surface area (Å²) in [6.45, 7) is 2.08. The highest BCUT2D eigenvalue weighted by molar-refractivity contribution is 7.89. The topological polar surface area (TPSA) is 66.6 Å². The van der Waals surface area contributed by atoms with Gasteiger partial charge in [0.15, 0.2) is 0 Å². The Labute approximate surface area is 131 Å². The van der Waals surface area contributed by atoms with Crippen LogP contribution in [0.3, 0.4) is 0 Å². The van der Waals surface area contributed by atoms with Crippen LogP contribution in [0.2, 0.25) is 5.02 Å². The molecule has 0 spiro atoms. The van der Waals surface area contributed by atoms with E-state index in [0.29, 0.717) is 24.7 Å². The van der Waals surface area contributed by atoms with Crippen LogP contribution in [-0.2, 0) is 10.0 Å². The van der Waals surface area contributed by atoms with Crippen molar-refractivity contribution in [3.63, 3.8) is 0 Å². The third-order valence-electron chi connectivity index (χ3n) is 3.77. The molecule has 2 rings (SSSR count). The normalized spacial score (nSPS) is 18.3. The van der Waals surface area contributed by atoms with Crippen LogP contribution < -0.4 is 5.73 Å². The predicted molar refractivity (Wildman–Crippen MR) is 85.9 cm³/mol. The number of sulfonamides is 1. The standard InChI is InChI=1S/C14H22ClN3O2S/c1-17(2)10-11-5-7-18(8-6-11)21(19,20)14-4-3-12(16)9-13(14)15/h3-4,9,11H,5-8,10,16H2,1-2H3. The smallest absolute Gasteiger partial charge is 0.244 e. The number of benzene rings is 1. The zero-order valence-corrected chi connectivity index (χ0v) is 14.0. The van der Waals surface area contributed by atoms with Crippen molar-refractivity contribution in [1.29, 1.82) is 0 Å². The number of nitrogens with two attached hydrogens (primary N) is 1. The largest absolute Gasteiger partial charge is 0.399 e. The summed E-state index contributed by atoms with van der Waals surface area (Å²) in [6, 6.07) is 4.53. The van der Waals surface area contributed by atoms with Crippen molar-refractivity contribution in [2.24, 2.45) is 5.92 Å². The van der Waals surface area contributed by atoms with E-state index in [9.17, 15) is 8.42 Å². The molecule has 1 aliphatic heterocycles. The summed E-state index contributed by atoms with van der Waals surface area (Å²) in [6.07, 6.45) is 1.76. The molecule has 0 radical (unpaired) electrons. The molecule has 118 valence electrons. The van der Waals surface area contributed by atoms with Crippen LogP contribution in [0.5, 0.6) is 0 Å². The summed E-state index contributed by atoms with van der Waals surface area (Å²) in [4.78, 5) is 2.29. The Bertz CT molecular complexity index is 596. The Hall–Kier alpha value is -0.820. The van der Waals surface area contributed by atoms with Crippen LogP contribution >= 0.6 is 11.6 Å². The molecule has 0 aromatic heterocycles. The van der Waals surface area contributed by atoms with Gasteiger partial charge in [0.2, 0.25) is 10.0 Å². The molecule has 0 unspecified atom stereocenters. The summed E-state index contributed by atoms with van der Waals surface area (Å²) in [5.41, 5.74) is 6.08. The van der Waals surface area contributed by atoms with Gasteiger partial charge in [-0.1, -0.05) is 11.6 Å². The second kappa shape index (κ2) is 6.52. The minimum atomic E-state index is -3.53. The third kappa shape index (κ3) is 3.88. The van der Waals surface area contributed by atoms with E-state index in [4.69, 9.17) is 17.3 Å². The Morgan fingerprint density at radius 1 is 1.33 bits per heavy atom. The van der Waals surface area contributed by atoms with Gasteiger partial charge in [-0.25, -0.2) is 8.42 Å². The van der Waals surface area contributed by atoms with Crippen molar-refractivity contribution in [3.05, 3.63) is 23.2 Å². The first-order valence-corrected chi connectivity index (χ1v) is 8.82. The fraction of sp³-hybridized carbons (Fsp3) is 0.571. The average Bonchev–Trinajstić information content (AvgIpc) is 2.38. The third-order valence-corrected chi connectivity index (χ3v) is 6.15. The minimum absolute atomic E-state index is 0.143. The highest BCUT2D eigenvalue weighted by Crippen LogP contribution is 2.29. The van der Waals surface area contributed by atoms with E-state index in [1.165, 1.54) is 16.4 Å². The van der Waals surface area contributed by atoms with Crippen LogP contribution in [0.1, 0.15) is 12.8 Å². The van der Waals surface area contributed by atoms with Gasteiger partial charge in [0.1, 0.15) is 4.90 Å². The first-order chi connectivity index (χ1) is 9.80. The summed E-state index contributed by atoms with van der Waals surface area (Å²) < 4.78 is 26.8. The van der Waals surface area contributed by atoms with E-state index in [-0.39, 0.29) is 9.92 Å². The first kappa shape index (κ1) is 16.5. The lowest BCUT2D eigenvalue weighted by Crippen LogP contribution is -2.40. The Morgan fingerprint density at radius 3 is 2.48 bits per heavy atom. The van der Waals surface area contributed by atoms with E-state index in [0.717, 1.165) is 19.4 Å². The van der Waals surface area contributed by atoms with Crippen molar-refractivity contribution < 1.29 is 8.42 Å². The van der Waals surface area contributed by atoms with Crippen LogP contribution in [0.25, 0.3) is 0 Å². The molecule has 0 amide bonds. The predicted octanol–water partition coefficient (Wildman–Crippen LogP) is 1.88. The molecule has 1 aromatic carbocycles. The summed E-state index contributed by atoms with van der Waals surface area (Å²) in [7, 11) is 0.549. The zero-order valence-electron chi connectivity index (χ0n) is 12.4. The lowest BCUT2D eigenvalue weighted by molar-refractivity contribution is 0.225. The lowest BCUT2D eigenvalue weighted by Gasteiger charge is -2.32. The molecule has 0 atom stereocenters. The number of halogens is 1. The Morgan fingerprint density at radius 2 is 1.95 bits per heavy atom. The quantitative estimate of drug-likeness (QED) is 0.855. The van der Waals surface area contributed by atoms with Crippen molar-refractivity contribution in [3.8, 4) is 0 Å². The van der Waals surface area contributed by atoms with Gasteiger partial charge in [0.05, 0.1) is 5.02 Å². The van der Waals surface area contributed by atoms with E-state index in [1.54, 1.807) is 6.07 Å². The van der Waals surface area contributed by atoms with Crippen LogP contribution in [0.4, 0.5) is 5.69 Å². The van der Waals surface area contributed by atoms with Gasteiger partial charge in [-0.05, 0) is 51.1 Å². The Kier molecular flexibility index (Phi) is 5.14. The van der Waals surface area contributed by atoms with Gasteiger partial charge in [0.25, 0.3) is 0 Å². The summed E-state index contributed by atoms with van der Waals surface area (Å²) >= 11 is 6.04. The number of piperidine rings is 1. The summed E-state index contributed by atoms with van der Waals surface area (Å²) in [5.74, 6) is 0.549. The molecule has 21 heavy (non-hydrogen) atoms. The second-order valence-electron chi connectivity index (χ2n) is 5.80. The monoisotopic (exact) mass is 331 g/mol. The van der Waals surface area contributed by atoms with Crippen molar-refractivity contribution in [2.45, 2.75) is 17.7 Å². The molecule has 0 aliphatic carbocycles. The molecule has 1 aliphatic rings. The zero-order chi connectivity index (χ0) is 15.6. The number of anilines is 1. The average molecular weight is 332 g/mol. The van der Waals surface area contributed by atoms with Crippen molar-refractivity contribution in [2.75, 3.05) is 39.5 Å². The minimum Gasteiger partial charge on any atom is -0.399 e. The molecule has 7 heteroatoms. The molecule has 0 saturated carbocycles.